The minimum Gasteiger partial charge on any atom is -0.370 e. The molecule has 1 saturated heterocycles. The summed E-state index contributed by atoms with van der Waals surface area (Å²) in [5.74, 6) is 3.72. The lowest BCUT2D eigenvalue weighted by atomic mass is 10.3. The maximum absolute atomic E-state index is 6.02. The van der Waals surface area contributed by atoms with Crippen molar-refractivity contribution in [1.82, 2.24) is 9.88 Å². The number of nitrogens with zero attached hydrogens (tertiary/aromatic N) is 3. The molecule has 0 aromatic carbocycles. The van der Waals surface area contributed by atoms with Crippen LogP contribution < -0.4 is 5.73 Å². The summed E-state index contributed by atoms with van der Waals surface area (Å²) in [6, 6.07) is 0. The van der Waals surface area contributed by atoms with Crippen molar-refractivity contribution in [3.05, 3.63) is 16.1 Å². The van der Waals surface area contributed by atoms with Gasteiger partial charge in [-0.3, -0.25) is 0 Å². The van der Waals surface area contributed by atoms with E-state index in [4.69, 9.17) is 5.73 Å². The van der Waals surface area contributed by atoms with E-state index in [9.17, 15) is 0 Å². The van der Waals surface area contributed by atoms with Gasteiger partial charge in [-0.05, 0) is 12.8 Å². The molecule has 2 heterocycles. The molecule has 1 aliphatic heterocycles. The number of aromatic nitrogens is 1. The minimum absolute atomic E-state index is 0.632. The summed E-state index contributed by atoms with van der Waals surface area (Å²) in [5, 5.41) is 3.27. The van der Waals surface area contributed by atoms with Gasteiger partial charge in [0.1, 0.15) is 5.01 Å². The molecule has 0 spiro atoms. The number of nitrogens with two attached hydrogens (primary N) is 1. The van der Waals surface area contributed by atoms with Gasteiger partial charge in [0.15, 0.2) is 5.96 Å². The Labute approximate surface area is 116 Å². The quantitative estimate of drug-likeness (QED) is 0.679. The Morgan fingerprint density at radius 1 is 1.44 bits per heavy atom. The molecule has 1 aromatic rings. The summed E-state index contributed by atoms with van der Waals surface area (Å²) in [6.45, 7) is 2.67. The molecule has 0 atom stereocenters. The van der Waals surface area contributed by atoms with Gasteiger partial charge in [-0.2, -0.15) is 11.8 Å². The fraction of sp³-hybridized carbons (Fsp3) is 0.667. The molecule has 2 aliphatic rings. The third kappa shape index (κ3) is 2.98. The number of aliphatic imine (C=N–C) groups is 1. The van der Waals surface area contributed by atoms with Gasteiger partial charge in [0, 0.05) is 35.9 Å². The number of hydrogen-bond acceptors (Lipinski definition) is 4. The van der Waals surface area contributed by atoms with E-state index in [2.05, 4.69) is 20.3 Å². The highest BCUT2D eigenvalue weighted by atomic mass is 32.2. The first kappa shape index (κ1) is 12.3. The highest BCUT2D eigenvalue weighted by molar-refractivity contribution is 7.99. The molecule has 18 heavy (non-hydrogen) atoms. The van der Waals surface area contributed by atoms with Crippen LogP contribution in [0.1, 0.15) is 29.5 Å². The third-order valence-electron chi connectivity index (χ3n) is 3.28. The first-order chi connectivity index (χ1) is 8.83. The molecular weight excluding hydrogens is 264 g/mol. The van der Waals surface area contributed by atoms with Crippen molar-refractivity contribution in [1.29, 1.82) is 0 Å². The van der Waals surface area contributed by atoms with Gasteiger partial charge in [0.05, 0.1) is 12.2 Å². The molecule has 2 N–H and O–H groups in total. The van der Waals surface area contributed by atoms with Gasteiger partial charge in [0.25, 0.3) is 0 Å². The highest BCUT2D eigenvalue weighted by Gasteiger charge is 2.25. The van der Waals surface area contributed by atoms with E-state index in [1.54, 1.807) is 11.3 Å². The summed E-state index contributed by atoms with van der Waals surface area (Å²) in [7, 11) is 0. The second-order valence-corrected chi connectivity index (χ2v) is 6.88. The predicted octanol–water partition coefficient (Wildman–Crippen LogP) is 1.88. The zero-order chi connectivity index (χ0) is 12.4. The summed E-state index contributed by atoms with van der Waals surface area (Å²) < 4.78 is 0. The molecule has 2 fully saturated rings. The van der Waals surface area contributed by atoms with Crippen LogP contribution in [-0.2, 0) is 6.54 Å². The smallest absolute Gasteiger partial charge is 0.191 e. The fourth-order valence-corrected chi connectivity index (χ4v) is 3.71. The largest absolute Gasteiger partial charge is 0.370 e. The van der Waals surface area contributed by atoms with E-state index in [-0.39, 0.29) is 0 Å². The van der Waals surface area contributed by atoms with Gasteiger partial charge >= 0.3 is 0 Å². The number of thiazole rings is 1. The zero-order valence-electron chi connectivity index (χ0n) is 10.3. The fourth-order valence-electron chi connectivity index (χ4n) is 2.01. The molecule has 0 unspecified atom stereocenters. The Bertz CT molecular complexity index is 433. The van der Waals surface area contributed by atoms with Gasteiger partial charge in [-0.1, -0.05) is 0 Å². The van der Waals surface area contributed by atoms with Crippen LogP contribution in [0.5, 0.6) is 0 Å². The molecular formula is C12H18N4S2. The standard InChI is InChI=1S/C12H18N4S2/c13-12(16-3-5-17-6-4-16)14-7-11-15-10(8-18-11)9-1-2-9/h8-9H,1-7H2,(H2,13,14). The zero-order valence-corrected chi connectivity index (χ0v) is 12.0. The van der Waals surface area contributed by atoms with Crippen molar-refractivity contribution in [2.45, 2.75) is 25.3 Å². The van der Waals surface area contributed by atoms with Gasteiger partial charge in [-0.25, -0.2) is 9.98 Å². The number of rotatable bonds is 3. The lowest BCUT2D eigenvalue weighted by Gasteiger charge is -2.27. The predicted molar refractivity (Wildman–Crippen MR) is 78.3 cm³/mol. The molecule has 1 saturated carbocycles. The normalized spacial score (nSPS) is 21.3. The Balaban J connectivity index is 1.57. The summed E-state index contributed by atoms with van der Waals surface area (Å²) >= 11 is 3.69. The van der Waals surface area contributed by atoms with Crippen molar-refractivity contribution < 1.29 is 0 Å². The molecule has 6 heteroatoms. The third-order valence-corrected chi connectivity index (χ3v) is 5.07. The van der Waals surface area contributed by atoms with Crippen LogP contribution in [0.2, 0.25) is 0 Å². The van der Waals surface area contributed by atoms with Crippen LogP contribution in [0.3, 0.4) is 0 Å². The van der Waals surface area contributed by atoms with Gasteiger partial charge in [0.2, 0.25) is 0 Å². The minimum atomic E-state index is 0.632. The van der Waals surface area contributed by atoms with Crippen LogP contribution in [0.4, 0.5) is 0 Å². The molecule has 1 aromatic heterocycles. The van der Waals surface area contributed by atoms with E-state index in [1.165, 1.54) is 18.5 Å². The van der Waals surface area contributed by atoms with Crippen LogP contribution in [0, 0.1) is 0 Å². The molecule has 0 amide bonds. The molecule has 4 nitrogen and oxygen atoms in total. The Kier molecular flexibility index (Phi) is 3.75. The second-order valence-electron chi connectivity index (χ2n) is 4.71. The Morgan fingerprint density at radius 3 is 2.94 bits per heavy atom. The topological polar surface area (TPSA) is 54.5 Å². The summed E-state index contributed by atoms with van der Waals surface area (Å²) in [4.78, 5) is 11.3. The lowest BCUT2D eigenvalue weighted by Crippen LogP contribution is -2.42. The first-order valence-corrected chi connectivity index (χ1v) is 8.43. The van der Waals surface area contributed by atoms with Crippen molar-refractivity contribution in [3.63, 3.8) is 0 Å². The summed E-state index contributed by atoms with van der Waals surface area (Å²) in [6.07, 6.45) is 2.61. The van der Waals surface area contributed by atoms with Crippen LogP contribution in [0.15, 0.2) is 10.4 Å². The molecule has 98 valence electrons. The molecule has 3 rings (SSSR count). The van der Waals surface area contributed by atoms with Crippen LogP contribution in [-0.4, -0.2) is 40.4 Å². The highest BCUT2D eigenvalue weighted by Crippen LogP contribution is 2.40. The van der Waals surface area contributed by atoms with Gasteiger partial charge in [-0.15, -0.1) is 11.3 Å². The SMILES string of the molecule is NC(=NCc1nc(C2CC2)cs1)N1CCSCC1. The lowest BCUT2D eigenvalue weighted by molar-refractivity contribution is 0.455. The Morgan fingerprint density at radius 2 is 2.22 bits per heavy atom. The molecule has 1 aliphatic carbocycles. The summed E-state index contributed by atoms with van der Waals surface area (Å²) in [5.41, 5.74) is 7.28. The monoisotopic (exact) mass is 282 g/mol. The maximum atomic E-state index is 6.02. The number of thioether (sulfide) groups is 1. The van der Waals surface area contributed by atoms with Crippen LogP contribution in [0.25, 0.3) is 0 Å². The van der Waals surface area contributed by atoms with Crippen LogP contribution >= 0.6 is 23.1 Å². The van der Waals surface area contributed by atoms with E-state index >= 15 is 0 Å². The number of hydrogen-bond donors (Lipinski definition) is 1. The van der Waals surface area contributed by atoms with E-state index < -0.39 is 0 Å². The molecule has 0 radical (unpaired) electrons. The van der Waals surface area contributed by atoms with E-state index in [0.29, 0.717) is 12.5 Å². The van der Waals surface area contributed by atoms with E-state index in [1.807, 2.05) is 11.8 Å². The maximum Gasteiger partial charge on any atom is 0.191 e. The van der Waals surface area contributed by atoms with Crippen molar-refractivity contribution in [2.75, 3.05) is 24.6 Å². The van der Waals surface area contributed by atoms with E-state index in [0.717, 1.165) is 35.5 Å². The molecule has 0 bridgehead atoms. The van der Waals surface area contributed by atoms with Crippen molar-refractivity contribution >= 4 is 29.1 Å². The second kappa shape index (κ2) is 5.48. The van der Waals surface area contributed by atoms with Gasteiger partial charge < -0.3 is 10.6 Å². The average molecular weight is 282 g/mol. The van der Waals surface area contributed by atoms with Crippen molar-refractivity contribution in [3.8, 4) is 0 Å². The number of guanidine groups is 1. The first-order valence-electron chi connectivity index (χ1n) is 6.40. The van der Waals surface area contributed by atoms with Crippen molar-refractivity contribution in [2.24, 2.45) is 10.7 Å². The average Bonchev–Trinajstić information content (AvgIpc) is 3.16. The Hall–Kier alpha value is -0.750.